The van der Waals surface area contributed by atoms with Crippen molar-refractivity contribution in [3.63, 3.8) is 0 Å². The Morgan fingerprint density at radius 2 is 1.96 bits per heavy atom. The van der Waals surface area contributed by atoms with Gasteiger partial charge in [-0.05, 0) is 44.6 Å². The predicted molar refractivity (Wildman–Crippen MR) is 99.2 cm³/mol. The molecular weight excluding hydrogens is 316 g/mol. The molecule has 1 aromatic rings. The summed E-state index contributed by atoms with van der Waals surface area (Å²) in [5.41, 5.74) is 1.20. The molecular formula is C21H32O4. The van der Waals surface area contributed by atoms with Crippen molar-refractivity contribution < 1.29 is 19.3 Å². The van der Waals surface area contributed by atoms with Crippen LogP contribution in [0.25, 0.3) is 0 Å². The van der Waals surface area contributed by atoms with Gasteiger partial charge in [-0.25, -0.2) is 0 Å². The van der Waals surface area contributed by atoms with Gasteiger partial charge in [0.15, 0.2) is 5.79 Å². The Morgan fingerprint density at radius 3 is 2.68 bits per heavy atom. The zero-order valence-electron chi connectivity index (χ0n) is 15.7. The molecule has 1 aliphatic rings. The highest BCUT2D eigenvalue weighted by Crippen LogP contribution is 2.34. The largest absolute Gasteiger partial charge is 0.396 e. The minimum absolute atomic E-state index is 0.0288. The van der Waals surface area contributed by atoms with E-state index in [1.165, 1.54) is 5.56 Å². The van der Waals surface area contributed by atoms with Crippen molar-refractivity contribution in [2.75, 3.05) is 13.2 Å². The summed E-state index contributed by atoms with van der Waals surface area (Å²) in [5, 5.41) is 9.17. The van der Waals surface area contributed by atoms with Crippen molar-refractivity contribution >= 4 is 0 Å². The number of aliphatic hydroxyl groups is 1. The molecule has 0 bridgehead atoms. The monoisotopic (exact) mass is 348 g/mol. The highest BCUT2D eigenvalue weighted by atomic mass is 16.8. The van der Waals surface area contributed by atoms with Gasteiger partial charge in [0.1, 0.15) is 0 Å². The number of benzene rings is 1. The lowest BCUT2D eigenvalue weighted by Gasteiger charge is -2.22. The van der Waals surface area contributed by atoms with Crippen LogP contribution in [-0.4, -0.2) is 36.3 Å². The maximum Gasteiger partial charge on any atom is 0.163 e. The van der Waals surface area contributed by atoms with Crippen molar-refractivity contribution in [3.8, 4) is 0 Å². The lowest BCUT2D eigenvalue weighted by atomic mass is 9.95. The summed E-state index contributed by atoms with van der Waals surface area (Å²) >= 11 is 0. The highest BCUT2D eigenvalue weighted by molar-refractivity contribution is 5.13. The molecule has 140 valence electrons. The normalized spacial score (nSPS) is 24.0. The van der Waals surface area contributed by atoms with Crippen LogP contribution in [0, 0.1) is 5.92 Å². The number of hydrogen-bond acceptors (Lipinski definition) is 4. The fraction of sp³-hybridized carbons (Fsp3) is 0.619. The van der Waals surface area contributed by atoms with Crippen LogP contribution in [0.2, 0.25) is 0 Å². The smallest absolute Gasteiger partial charge is 0.163 e. The Labute approximate surface area is 151 Å². The van der Waals surface area contributed by atoms with Crippen LogP contribution < -0.4 is 0 Å². The molecule has 25 heavy (non-hydrogen) atoms. The molecule has 0 unspecified atom stereocenters. The Bertz CT molecular complexity index is 512. The topological polar surface area (TPSA) is 47.9 Å². The molecule has 2 rings (SSSR count). The minimum atomic E-state index is -0.550. The zero-order chi connectivity index (χ0) is 18.1. The van der Waals surface area contributed by atoms with Crippen molar-refractivity contribution in [2.24, 2.45) is 5.92 Å². The van der Waals surface area contributed by atoms with Crippen LogP contribution >= 0.6 is 0 Å². The second kappa shape index (κ2) is 10.1. The Morgan fingerprint density at radius 1 is 1.20 bits per heavy atom. The summed E-state index contributed by atoms with van der Waals surface area (Å²) in [4.78, 5) is 0. The molecule has 4 nitrogen and oxygen atoms in total. The van der Waals surface area contributed by atoms with Crippen LogP contribution in [-0.2, 0) is 20.8 Å². The van der Waals surface area contributed by atoms with Gasteiger partial charge in [-0.3, -0.25) is 0 Å². The third-order valence-corrected chi connectivity index (χ3v) is 4.44. The zero-order valence-corrected chi connectivity index (χ0v) is 15.7. The van der Waals surface area contributed by atoms with E-state index in [1.807, 2.05) is 32.0 Å². The predicted octanol–water partition coefficient (Wildman–Crippen LogP) is 4.08. The van der Waals surface area contributed by atoms with E-state index >= 15 is 0 Å². The summed E-state index contributed by atoms with van der Waals surface area (Å²) in [5.74, 6) is -0.273. The number of ether oxygens (including phenoxy) is 3. The van der Waals surface area contributed by atoms with Crippen LogP contribution in [0.3, 0.4) is 0 Å². The Hall–Kier alpha value is -1.20. The first-order valence-electron chi connectivity index (χ1n) is 9.25. The van der Waals surface area contributed by atoms with Gasteiger partial charge in [0, 0.05) is 6.61 Å². The molecule has 4 heteroatoms. The van der Waals surface area contributed by atoms with Gasteiger partial charge in [-0.1, -0.05) is 49.4 Å². The van der Waals surface area contributed by atoms with E-state index in [0.717, 1.165) is 19.3 Å². The second-order valence-corrected chi connectivity index (χ2v) is 7.16. The van der Waals surface area contributed by atoms with Crippen LogP contribution in [0.4, 0.5) is 0 Å². The van der Waals surface area contributed by atoms with E-state index in [0.29, 0.717) is 13.2 Å². The molecule has 1 fully saturated rings. The SMILES string of the molecule is C[C@H](CCO)[C@H]1OC(C)(C)O[C@@H]1C/C=C\CCOCc1ccccc1. The van der Waals surface area contributed by atoms with Gasteiger partial charge < -0.3 is 19.3 Å². The van der Waals surface area contributed by atoms with Gasteiger partial charge >= 0.3 is 0 Å². The lowest BCUT2D eigenvalue weighted by molar-refractivity contribution is -0.150. The fourth-order valence-electron chi connectivity index (χ4n) is 3.16. The molecule has 0 spiro atoms. The summed E-state index contributed by atoms with van der Waals surface area (Å²) < 4.78 is 17.7. The quantitative estimate of drug-likeness (QED) is 0.511. The first kappa shape index (κ1) is 20.1. The first-order chi connectivity index (χ1) is 12.0. The second-order valence-electron chi connectivity index (χ2n) is 7.16. The number of rotatable bonds is 10. The van der Waals surface area contributed by atoms with Crippen LogP contribution in [0.15, 0.2) is 42.5 Å². The van der Waals surface area contributed by atoms with E-state index in [4.69, 9.17) is 19.3 Å². The van der Waals surface area contributed by atoms with E-state index in [-0.39, 0.29) is 24.7 Å². The first-order valence-corrected chi connectivity index (χ1v) is 9.25. The molecule has 3 atom stereocenters. The summed E-state index contributed by atoms with van der Waals surface area (Å²) in [6, 6.07) is 10.2. The van der Waals surface area contributed by atoms with E-state index in [1.54, 1.807) is 0 Å². The molecule has 0 aliphatic carbocycles. The Balaban J connectivity index is 1.68. The average Bonchev–Trinajstić information content (AvgIpc) is 2.90. The maximum absolute atomic E-state index is 9.17. The van der Waals surface area contributed by atoms with Gasteiger partial charge in [0.05, 0.1) is 25.4 Å². The van der Waals surface area contributed by atoms with E-state index in [2.05, 4.69) is 31.2 Å². The highest BCUT2D eigenvalue weighted by Gasteiger charge is 2.42. The van der Waals surface area contributed by atoms with Crippen molar-refractivity contribution in [1.29, 1.82) is 0 Å². The van der Waals surface area contributed by atoms with Gasteiger partial charge in [0.25, 0.3) is 0 Å². The third-order valence-electron chi connectivity index (χ3n) is 4.44. The molecule has 1 heterocycles. The lowest BCUT2D eigenvalue weighted by Crippen LogP contribution is -2.30. The fourth-order valence-corrected chi connectivity index (χ4v) is 3.16. The molecule has 0 radical (unpaired) electrons. The summed E-state index contributed by atoms with van der Waals surface area (Å²) in [6.45, 7) is 7.56. The Kier molecular flexibility index (Phi) is 8.10. The molecule has 1 aliphatic heterocycles. The van der Waals surface area contributed by atoms with Crippen LogP contribution in [0.5, 0.6) is 0 Å². The molecule has 0 saturated carbocycles. The van der Waals surface area contributed by atoms with Crippen molar-refractivity contribution in [2.45, 2.75) is 64.6 Å². The van der Waals surface area contributed by atoms with Gasteiger partial charge in [0.2, 0.25) is 0 Å². The van der Waals surface area contributed by atoms with Crippen molar-refractivity contribution in [1.82, 2.24) is 0 Å². The summed E-state index contributed by atoms with van der Waals surface area (Å²) in [7, 11) is 0. The molecule has 1 aromatic carbocycles. The van der Waals surface area contributed by atoms with Gasteiger partial charge in [-0.15, -0.1) is 0 Å². The third kappa shape index (κ3) is 6.90. The maximum atomic E-state index is 9.17. The number of aliphatic hydroxyl groups excluding tert-OH is 1. The summed E-state index contributed by atoms with van der Waals surface area (Å²) in [6.07, 6.45) is 6.81. The minimum Gasteiger partial charge on any atom is -0.396 e. The average molecular weight is 348 g/mol. The van der Waals surface area contributed by atoms with Crippen molar-refractivity contribution in [3.05, 3.63) is 48.0 Å². The molecule has 1 saturated heterocycles. The standard InChI is InChI=1S/C21H32O4/c1-17(13-14-22)20-19(24-21(2,3)25-20)12-8-5-9-15-23-16-18-10-6-4-7-11-18/h4-8,10-11,17,19-20,22H,9,12-16H2,1-3H3/b8-5-/t17-,19-,20-/m1/s1. The molecule has 1 N–H and O–H groups in total. The molecule has 0 amide bonds. The van der Waals surface area contributed by atoms with Crippen LogP contribution in [0.1, 0.15) is 45.6 Å². The van der Waals surface area contributed by atoms with E-state index < -0.39 is 5.79 Å². The molecule has 0 aromatic heterocycles. The van der Waals surface area contributed by atoms with E-state index in [9.17, 15) is 0 Å². The number of hydrogen-bond donors (Lipinski definition) is 1. The van der Waals surface area contributed by atoms with Gasteiger partial charge in [-0.2, -0.15) is 0 Å².